The second kappa shape index (κ2) is 5.16. The van der Waals surface area contributed by atoms with Crippen LogP contribution in [0.5, 0.6) is 0 Å². The molecular formula is C16H26BNO2. The molecule has 0 aromatic carbocycles. The first-order valence-corrected chi connectivity index (χ1v) is 7.43. The van der Waals surface area contributed by atoms with Crippen molar-refractivity contribution in [3.05, 3.63) is 23.5 Å². The molecule has 1 aliphatic rings. The molecule has 0 N–H and O–H groups in total. The van der Waals surface area contributed by atoms with Gasteiger partial charge < -0.3 is 9.31 Å². The average Bonchev–Trinajstić information content (AvgIpc) is 2.50. The highest BCUT2D eigenvalue weighted by atomic mass is 16.7. The van der Waals surface area contributed by atoms with Gasteiger partial charge in [-0.25, -0.2) is 0 Å². The van der Waals surface area contributed by atoms with Crippen LogP contribution in [-0.2, 0) is 15.7 Å². The summed E-state index contributed by atoms with van der Waals surface area (Å²) in [4.78, 5) is 4.51. The lowest BCUT2D eigenvalue weighted by Crippen LogP contribution is -2.41. The molecule has 110 valence electrons. The van der Waals surface area contributed by atoms with Crippen molar-refractivity contribution in [2.45, 2.75) is 66.1 Å². The van der Waals surface area contributed by atoms with Gasteiger partial charge >= 0.3 is 7.12 Å². The fraction of sp³-hybridized carbons (Fsp3) is 0.688. The first-order chi connectivity index (χ1) is 9.12. The van der Waals surface area contributed by atoms with E-state index in [-0.39, 0.29) is 18.3 Å². The summed E-state index contributed by atoms with van der Waals surface area (Å²) in [6, 6.07) is 2.18. The Bertz CT molecular complexity index is 481. The Morgan fingerprint density at radius 2 is 1.70 bits per heavy atom. The van der Waals surface area contributed by atoms with Crippen LogP contribution in [-0.4, -0.2) is 23.3 Å². The van der Waals surface area contributed by atoms with Gasteiger partial charge in [-0.2, -0.15) is 0 Å². The van der Waals surface area contributed by atoms with Gasteiger partial charge in [-0.3, -0.25) is 4.98 Å². The van der Waals surface area contributed by atoms with Crippen LogP contribution < -0.4 is 5.46 Å². The first-order valence-electron chi connectivity index (χ1n) is 7.43. The number of hydrogen-bond acceptors (Lipinski definition) is 3. The van der Waals surface area contributed by atoms with E-state index in [1.807, 2.05) is 6.20 Å². The number of aromatic nitrogens is 1. The fourth-order valence-corrected chi connectivity index (χ4v) is 2.35. The average molecular weight is 275 g/mol. The summed E-state index contributed by atoms with van der Waals surface area (Å²) in [6.07, 6.45) is 2.91. The Hall–Kier alpha value is -0.865. The smallest absolute Gasteiger partial charge is 0.399 e. The minimum Gasteiger partial charge on any atom is -0.399 e. The molecule has 2 heterocycles. The SMILES string of the molecule is Cc1ncc(B2OC(C)(C)C(C)(C)O2)cc1CC(C)C. The molecule has 3 nitrogen and oxygen atoms in total. The third-order valence-corrected chi connectivity index (χ3v) is 4.37. The lowest BCUT2D eigenvalue weighted by Gasteiger charge is -2.32. The second-order valence-electron chi connectivity index (χ2n) is 7.20. The van der Waals surface area contributed by atoms with Crippen LogP contribution in [0.25, 0.3) is 0 Å². The molecule has 1 aromatic rings. The molecule has 0 spiro atoms. The summed E-state index contributed by atoms with van der Waals surface area (Å²) in [5.41, 5.74) is 2.79. The molecule has 0 aliphatic carbocycles. The van der Waals surface area contributed by atoms with E-state index in [1.54, 1.807) is 0 Å². The minimum atomic E-state index is -0.320. The molecule has 1 saturated heterocycles. The van der Waals surface area contributed by atoms with Crippen molar-refractivity contribution in [2.24, 2.45) is 5.92 Å². The third-order valence-electron chi connectivity index (χ3n) is 4.37. The summed E-state index contributed by atoms with van der Waals surface area (Å²) in [5.74, 6) is 0.615. The van der Waals surface area contributed by atoms with Gasteiger partial charge in [0.2, 0.25) is 0 Å². The molecule has 4 heteroatoms. The van der Waals surface area contributed by atoms with Gasteiger partial charge in [0.05, 0.1) is 11.2 Å². The Morgan fingerprint density at radius 1 is 1.15 bits per heavy atom. The molecule has 0 atom stereocenters. The van der Waals surface area contributed by atoms with Gasteiger partial charge in [0.25, 0.3) is 0 Å². The van der Waals surface area contributed by atoms with Crippen LogP contribution in [0.2, 0.25) is 0 Å². The number of aryl methyl sites for hydroxylation is 1. The zero-order valence-electron chi connectivity index (χ0n) is 13.8. The van der Waals surface area contributed by atoms with E-state index < -0.39 is 0 Å². The lowest BCUT2D eigenvalue weighted by molar-refractivity contribution is 0.00578. The first kappa shape index (κ1) is 15.5. The third kappa shape index (κ3) is 2.91. The Morgan fingerprint density at radius 3 is 2.20 bits per heavy atom. The number of nitrogens with zero attached hydrogens (tertiary/aromatic N) is 1. The highest BCUT2D eigenvalue weighted by molar-refractivity contribution is 6.62. The molecular weight excluding hydrogens is 249 g/mol. The van der Waals surface area contributed by atoms with Crippen LogP contribution >= 0.6 is 0 Å². The zero-order valence-corrected chi connectivity index (χ0v) is 13.8. The molecule has 1 aliphatic heterocycles. The monoisotopic (exact) mass is 275 g/mol. The standard InChI is InChI=1S/C16H26BNO2/c1-11(2)8-13-9-14(10-18-12(13)3)17-19-15(4,5)16(6,7)20-17/h9-11H,8H2,1-7H3. The Labute approximate surface area is 123 Å². The lowest BCUT2D eigenvalue weighted by atomic mass is 9.79. The van der Waals surface area contributed by atoms with E-state index in [1.165, 1.54) is 5.56 Å². The quantitative estimate of drug-likeness (QED) is 0.795. The van der Waals surface area contributed by atoms with E-state index >= 15 is 0 Å². The fourth-order valence-electron chi connectivity index (χ4n) is 2.35. The molecule has 0 saturated carbocycles. The van der Waals surface area contributed by atoms with E-state index in [4.69, 9.17) is 9.31 Å². The Balaban J connectivity index is 2.27. The van der Waals surface area contributed by atoms with Crippen molar-refractivity contribution in [1.29, 1.82) is 0 Å². The van der Waals surface area contributed by atoms with Crippen LogP contribution in [0, 0.1) is 12.8 Å². The van der Waals surface area contributed by atoms with Gasteiger partial charge in [0, 0.05) is 17.4 Å². The highest BCUT2D eigenvalue weighted by Crippen LogP contribution is 2.36. The molecule has 0 radical (unpaired) electrons. The predicted octanol–water partition coefficient (Wildman–Crippen LogP) is 2.89. The summed E-state index contributed by atoms with van der Waals surface area (Å²) < 4.78 is 12.2. The van der Waals surface area contributed by atoms with Crippen molar-refractivity contribution in [2.75, 3.05) is 0 Å². The molecule has 2 rings (SSSR count). The van der Waals surface area contributed by atoms with E-state index in [0.29, 0.717) is 5.92 Å². The summed E-state index contributed by atoms with van der Waals surface area (Å²) in [5, 5.41) is 0. The maximum atomic E-state index is 6.09. The maximum absolute atomic E-state index is 6.09. The van der Waals surface area contributed by atoms with Crippen molar-refractivity contribution in [3.63, 3.8) is 0 Å². The normalized spacial score (nSPS) is 20.7. The second-order valence-corrected chi connectivity index (χ2v) is 7.20. The van der Waals surface area contributed by atoms with E-state index in [0.717, 1.165) is 17.6 Å². The summed E-state index contributed by atoms with van der Waals surface area (Å²) in [6.45, 7) is 14.8. The highest BCUT2D eigenvalue weighted by Gasteiger charge is 2.51. The van der Waals surface area contributed by atoms with E-state index in [9.17, 15) is 0 Å². The predicted molar refractivity (Wildman–Crippen MR) is 83.2 cm³/mol. The summed E-state index contributed by atoms with van der Waals surface area (Å²) in [7, 11) is -0.320. The van der Waals surface area contributed by atoms with Crippen LogP contribution in [0.1, 0.15) is 52.8 Å². The van der Waals surface area contributed by atoms with Crippen LogP contribution in [0.15, 0.2) is 12.3 Å². The number of hydrogen-bond donors (Lipinski definition) is 0. The van der Waals surface area contributed by atoms with Gasteiger partial charge in [-0.15, -0.1) is 0 Å². The van der Waals surface area contributed by atoms with Crippen LogP contribution in [0.3, 0.4) is 0 Å². The summed E-state index contributed by atoms with van der Waals surface area (Å²) >= 11 is 0. The van der Waals surface area contributed by atoms with Crippen molar-refractivity contribution >= 4 is 12.6 Å². The van der Waals surface area contributed by atoms with Crippen molar-refractivity contribution in [1.82, 2.24) is 4.98 Å². The molecule has 1 aromatic heterocycles. The van der Waals surface area contributed by atoms with Crippen molar-refractivity contribution < 1.29 is 9.31 Å². The molecule has 1 fully saturated rings. The Kier molecular flexibility index (Phi) is 4.00. The van der Waals surface area contributed by atoms with E-state index in [2.05, 4.69) is 59.5 Å². The number of rotatable bonds is 3. The van der Waals surface area contributed by atoms with Gasteiger partial charge in [0.1, 0.15) is 0 Å². The molecule has 20 heavy (non-hydrogen) atoms. The molecule has 0 amide bonds. The maximum Gasteiger partial charge on any atom is 0.496 e. The zero-order chi connectivity index (χ0) is 15.1. The van der Waals surface area contributed by atoms with Gasteiger partial charge in [-0.1, -0.05) is 19.9 Å². The molecule has 0 bridgehead atoms. The van der Waals surface area contributed by atoms with Crippen molar-refractivity contribution in [3.8, 4) is 0 Å². The molecule has 0 unspecified atom stereocenters. The topological polar surface area (TPSA) is 31.4 Å². The van der Waals surface area contributed by atoms with Gasteiger partial charge in [-0.05, 0) is 52.5 Å². The largest absolute Gasteiger partial charge is 0.496 e. The van der Waals surface area contributed by atoms with Crippen LogP contribution in [0.4, 0.5) is 0 Å². The number of pyridine rings is 1. The van der Waals surface area contributed by atoms with Gasteiger partial charge in [0.15, 0.2) is 0 Å². The minimum absolute atomic E-state index is 0.305.